The molecule has 1 aromatic heterocycles. The van der Waals surface area contributed by atoms with Crippen LogP contribution < -0.4 is 21.4 Å². The Morgan fingerprint density at radius 2 is 2.15 bits per heavy atom. The number of nitrogens with two attached hydrogens (primary N) is 1. The minimum atomic E-state index is -1.35. The first kappa shape index (κ1) is 17.9. The number of aromatic carboxylic acids is 1. The zero-order valence-electron chi connectivity index (χ0n) is 14.2. The predicted octanol–water partition coefficient (Wildman–Crippen LogP) is 0.122. The molecule has 0 bridgehead atoms. The number of aromatic nitrogens is 1. The van der Waals surface area contributed by atoms with E-state index < -0.39 is 34.7 Å². The van der Waals surface area contributed by atoms with E-state index in [2.05, 4.69) is 5.32 Å². The summed E-state index contributed by atoms with van der Waals surface area (Å²) >= 11 is 0. The number of nitrogens with zero attached hydrogens (tertiary/aromatic N) is 2. The van der Waals surface area contributed by atoms with Gasteiger partial charge in [0.15, 0.2) is 0 Å². The van der Waals surface area contributed by atoms with Crippen LogP contribution in [0.5, 0.6) is 0 Å². The maximum Gasteiger partial charge on any atom is 0.341 e. The average Bonchev–Trinajstić information content (AvgIpc) is 2.61. The summed E-state index contributed by atoms with van der Waals surface area (Å²) < 4.78 is 16.3. The number of pyridine rings is 1. The van der Waals surface area contributed by atoms with Gasteiger partial charge in [0.25, 0.3) is 0 Å². The second-order valence-corrected chi connectivity index (χ2v) is 6.14. The Labute approximate surface area is 148 Å². The summed E-state index contributed by atoms with van der Waals surface area (Å²) in [4.78, 5) is 36.7. The van der Waals surface area contributed by atoms with Crippen LogP contribution in [0, 0.1) is 5.82 Å². The number of nitrogens with one attached hydrogen (secondary N) is 1. The number of halogens is 1. The highest BCUT2D eigenvalue weighted by molar-refractivity contribution is 5.93. The van der Waals surface area contributed by atoms with Gasteiger partial charge in [0.05, 0.1) is 11.2 Å². The van der Waals surface area contributed by atoms with Crippen molar-refractivity contribution in [3.63, 3.8) is 0 Å². The highest BCUT2D eigenvalue weighted by atomic mass is 19.1. The zero-order chi connectivity index (χ0) is 19.0. The number of hydrogen-bond acceptors (Lipinski definition) is 5. The van der Waals surface area contributed by atoms with Crippen LogP contribution in [-0.2, 0) is 11.3 Å². The van der Waals surface area contributed by atoms with Crippen molar-refractivity contribution >= 4 is 28.5 Å². The molecule has 1 atom stereocenters. The summed E-state index contributed by atoms with van der Waals surface area (Å²) in [6, 6.07) is 1.99. The summed E-state index contributed by atoms with van der Waals surface area (Å²) in [6.45, 7) is 3.35. The largest absolute Gasteiger partial charge is 0.477 e. The number of fused-ring (bicyclic) bond motifs is 1. The molecule has 1 aliphatic rings. The summed E-state index contributed by atoms with van der Waals surface area (Å²) in [6.07, 6.45) is 1.26. The van der Waals surface area contributed by atoms with Crippen LogP contribution in [0.3, 0.4) is 0 Å². The van der Waals surface area contributed by atoms with Gasteiger partial charge in [-0.1, -0.05) is 0 Å². The van der Waals surface area contributed by atoms with E-state index in [1.807, 2.05) is 0 Å². The number of carboxylic acid groups (broad SMARTS) is 1. The maximum absolute atomic E-state index is 14.7. The minimum Gasteiger partial charge on any atom is -0.477 e. The van der Waals surface area contributed by atoms with Gasteiger partial charge in [0.1, 0.15) is 17.4 Å². The summed E-state index contributed by atoms with van der Waals surface area (Å²) in [5, 5.41) is 12.2. The van der Waals surface area contributed by atoms with Crippen LogP contribution in [0.1, 0.15) is 17.3 Å². The molecule has 2 heterocycles. The Balaban J connectivity index is 2.16. The molecule has 2 aromatic rings. The van der Waals surface area contributed by atoms with Gasteiger partial charge in [0, 0.05) is 37.8 Å². The molecule has 4 N–H and O–H groups in total. The third-order valence-corrected chi connectivity index (χ3v) is 4.58. The van der Waals surface area contributed by atoms with Gasteiger partial charge in [-0.15, -0.1) is 0 Å². The first-order valence-electron chi connectivity index (χ1n) is 8.21. The number of hydrogen-bond donors (Lipinski definition) is 3. The number of amides is 1. The van der Waals surface area contributed by atoms with Crippen LogP contribution in [0.25, 0.3) is 10.9 Å². The van der Waals surface area contributed by atoms with E-state index in [1.54, 1.807) is 16.4 Å². The zero-order valence-corrected chi connectivity index (χ0v) is 14.2. The second kappa shape index (κ2) is 6.75. The number of aryl methyl sites for hydroxylation is 1. The van der Waals surface area contributed by atoms with E-state index in [0.717, 1.165) is 6.07 Å². The fraction of sp³-hybridized carbons (Fsp3) is 0.353. The van der Waals surface area contributed by atoms with Crippen molar-refractivity contribution in [2.24, 2.45) is 5.73 Å². The molecule has 3 rings (SSSR count). The van der Waals surface area contributed by atoms with Crippen molar-refractivity contribution in [2.75, 3.05) is 24.5 Å². The van der Waals surface area contributed by atoms with Crippen LogP contribution in [0.4, 0.5) is 10.1 Å². The number of rotatable bonds is 4. The fourth-order valence-corrected chi connectivity index (χ4v) is 3.22. The quantitative estimate of drug-likeness (QED) is 0.711. The normalized spacial score (nSPS) is 17.5. The number of anilines is 1. The smallest absolute Gasteiger partial charge is 0.341 e. The average molecular weight is 362 g/mol. The van der Waals surface area contributed by atoms with Crippen molar-refractivity contribution in [1.82, 2.24) is 9.88 Å². The first-order chi connectivity index (χ1) is 12.3. The lowest BCUT2D eigenvalue weighted by atomic mass is 10.1. The molecular formula is C17H19FN4O4. The van der Waals surface area contributed by atoms with Crippen molar-refractivity contribution in [2.45, 2.75) is 19.5 Å². The molecular weight excluding hydrogens is 343 g/mol. The molecule has 0 aliphatic carbocycles. The third kappa shape index (κ3) is 3.01. The number of primary amides is 1. The number of benzene rings is 1. The predicted molar refractivity (Wildman–Crippen MR) is 94.0 cm³/mol. The number of carbonyl (C=O) groups excluding carboxylic acids is 1. The Morgan fingerprint density at radius 3 is 2.77 bits per heavy atom. The highest BCUT2D eigenvalue weighted by Crippen LogP contribution is 2.26. The van der Waals surface area contributed by atoms with Gasteiger partial charge in [-0.05, 0) is 19.1 Å². The van der Waals surface area contributed by atoms with E-state index >= 15 is 0 Å². The Bertz CT molecular complexity index is 956. The molecule has 0 radical (unpaired) electrons. The van der Waals surface area contributed by atoms with Crippen LogP contribution in [0.15, 0.2) is 23.1 Å². The third-order valence-electron chi connectivity index (χ3n) is 4.58. The van der Waals surface area contributed by atoms with Gasteiger partial charge < -0.3 is 25.6 Å². The summed E-state index contributed by atoms with van der Waals surface area (Å²) in [5.74, 6) is -2.52. The van der Waals surface area contributed by atoms with Crippen LogP contribution in [0.2, 0.25) is 0 Å². The van der Waals surface area contributed by atoms with Gasteiger partial charge in [-0.2, -0.15) is 0 Å². The van der Waals surface area contributed by atoms with E-state index in [1.165, 1.54) is 12.3 Å². The molecule has 8 nitrogen and oxygen atoms in total. The van der Waals surface area contributed by atoms with Gasteiger partial charge in [-0.3, -0.25) is 9.59 Å². The van der Waals surface area contributed by atoms with Gasteiger partial charge >= 0.3 is 5.97 Å². The maximum atomic E-state index is 14.7. The van der Waals surface area contributed by atoms with Crippen molar-refractivity contribution < 1.29 is 19.1 Å². The van der Waals surface area contributed by atoms with Crippen molar-refractivity contribution in [3.05, 3.63) is 39.9 Å². The van der Waals surface area contributed by atoms with Crippen LogP contribution >= 0.6 is 0 Å². The van der Waals surface area contributed by atoms with E-state index in [9.17, 15) is 23.9 Å². The Kier molecular flexibility index (Phi) is 4.64. The number of carbonyl (C=O) groups is 2. The lowest BCUT2D eigenvalue weighted by Crippen LogP contribution is -2.56. The van der Waals surface area contributed by atoms with Gasteiger partial charge in [-0.25, -0.2) is 9.18 Å². The molecule has 1 aliphatic heterocycles. The molecule has 138 valence electrons. The standard InChI is InChI=1S/C17H19FN4O4/c1-2-21-7-10(17(25)26)15(23)9-5-11(18)14(6-13(9)21)22-4-3-20-12(8-22)16(19)24/h5-7,12,20H,2-4,8H2,1H3,(H2,19,24)(H,25,26). The lowest BCUT2D eigenvalue weighted by Gasteiger charge is -2.34. The SMILES string of the molecule is CCn1cc(C(=O)O)c(=O)c2cc(F)c(N3CCNC(C(N)=O)C3)cc21. The van der Waals surface area contributed by atoms with E-state index in [-0.39, 0.29) is 17.6 Å². The lowest BCUT2D eigenvalue weighted by molar-refractivity contribution is -0.120. The molecule has 1 aromatic carbocycles. The Hall–Kier alpha value is -2.94. The van der Waals surface area contributed by atoms with E-state index in [0.29, 0.717) is 25.2 Å². The number of carboxylic acids is 1. The topological polar surface area (TPSA) is 118 Å². The molecule has 1 fully saturated rings. The molecule has 0 spiro atoms. The Morgan fingerprint density at radius 1 is 1.42 bits per heavy atom. The molecule has 9 heteroatoms. The van der Waals surface area contributed by atoms with Crippen molar-refractivity contribution in [1.29, 1.82) is 0 Å². The monoisotopic (exact) mass is 362 g/mol. The van der Waals surface area contributed by atoms with Crippen LogP contribution in [-0.4, -0.2) is 47.2 Å². The fourth-order valence-electron chi connectivity index (χ4n) is 3.22. The molecule has 26 heavy (non-hydrogen) atoms. The molecule has 0 saturated carbocycles. The highest BCUT2D eigenvalue weighted by Gasteiger charge is 2.26. The minimum absolute atomic E-state index is 0.00888. The number of piperazine rings is 1. The summed E-state index contributed by atoms with van der Waals surface area (Å²) in [7, 11) is 0. The van der Waals surface area contributed by atoms with Gasteiger partial charge in [0.2, 0.25) is 11.3 Å². The first-order valence-corrected chi connectivity index (χ1v) is 8.21. The summed E-state index contributed by atoms with van der Waals surface area (Å²) in [5.41, 5.74) is 4.88. The molecule has 1 amide bonds. The van der Waals surface area contributed by atoms with Crippen molar-refractivity contribution in [3.8, 4) is 0 Å². The molecule has 1 unspecified atom stereocenters. The second-order valence-electron chi connectivity index (χ2n) is 6.14. The molecule has 1 saturated heterocycles. The van der Waals surface area contributed by atoms with E-state index in [4.69, 9.17) is 5.73 Å².